The Balaban J connectivity index is 1.48. The summed E-state index contributed by atoms with van der Waals surface area (Å²) in [6.45, 7) is 2.50. The van der Waals surface area contributed by atoms with Crippen molar-refractivity contribution in [1.29, 1.82) is 0 Å². The van der Waals surface area contributed by atoms with E-state index >= 15 is 0 Å². The van der Waals surface area contributed by atoms with Crippen LogP contribution in [0.15, 0.2) is 48.9 Å². The highest BCUT2D eigenvalue weighted by Crippen LogP contribution is 2.21. The van der Waals surface area contributed by atoms with Gasteiger partial charge in [0.1, 0.15) is 0 Å². The first-order valence-corrected chi connectivity index (χ1v) is 9.11. The van der Waals surface area contributed by atoms with Crippen LogP contribution in [0.3, 0.4) is 0 Å². The highest BCUT2D eigenvalue weighted by atomic mass is 35.5. The molecule has 1 aliphatic rings. The molecular formula is C19H20ClN5O. The van der Waals surface area contributed by atoms with Gasteiger partial charge in [-0.15, -0.1) is 0 Å². The molecule has 0 bridgehead atoms. The zero-order valence-electron chi connectivity index (χ0n) is 14.3. The SMILES string of the molecule is Clc1cccc(-n2cc(-c3ccnc(NC[C@@H]4CCCOC4)n3)cn2)c1. The Morgan fingerprint density at radius 1 is 1.31 bits per heavy atom. The second-order valence-electron chi connectivity index (χ2n) is 6.38. The highest BCUT2D eigenvalue weighted by molar-refractivity contribution is 6.30. The summed E-state index contributed by atoms with van der Waals surface area (Å²) in [6.07, 6.45) is 7.79. The Labute approximate surface area is 157 Å². The van der Waals surface area contributed by atoms with E-state index in [2.05, 4.69) is 20.4 Å². The molecule has 0 unspecified atom stereocenters. The Morgan fingerprint density at radius 3 is 3.12 bits per heavy atom. The molecule has 0 radical (unpaired) electrons. The number of nitrogens with one attached hydrogen (secondary N) is 1. The third kappa shape index (κ3) is 4.03. The van der Waals surface area contributed by atoms with Crippen molar-refractivity contribution < 1.29 is 4.74 Å². The van der Waals surface area contributed by atoms with Crippen LogP contribution in [0.2, 0.25) is 5.02 Å². The number of anilines is 1. The zero-order chi connectivity index (χ0) is 17.8. The fourth-order valence-electron chi connectivity index (χ4n) is 3.02. The number of rotatable bonds is 5. The molecule has 1 aliphatic heterocycles. The molecule has 1 atom stereocenters. The predicted octanol–water partition coefficient (Wildman–Crippen LogP) is 3.82. The molecule has 0 spiro atoms. The average molecular weight is 370 g/mol. The van der Waals surface area contributed by atoms with Gasteiger partial charge >= 0.3 is 0 Å². The molecule has 6 nitrogen and oxygen atoms in total. The highest BCUT2D eigenvalue weighted by Gasteiger charge is 2.14. The van der Waals surface area contributed by atoms with Gasteiger partial charge in [-0.1, -0.05) is 17.7 Å². The first-order chi connectivity index (χ1) is 12.8. The summed E-state index contributed by atoms with van der Waals surface area (Å²) in [7, 11) is 0. The second-order valence-corrected chi connectivity index (χ2v) is 6.82. The second kappa shape index (κ2) is 7.85. The molecule has 0 aliphatic carbocycles. The molecular weight excluding hydrogens is 350 g/mol. The summed E-state index contributed by atoms with van der Waals surface area (Å²) in [5.41, 5.74) is 2.67. The van der Waals surface area contributed by atoms with Crippen LogP contribution in [0.4, 0.5) is 5.95 Å². The molecule has 0 amide bonds. The lowest BCUT2D eigenvalue weighted by atomic mass is 10.0. The lowest BCUT2D eigenvalue weighted by Crippen LogP contribution is -2.24. The van der Waals surface area contributed by atoms with Crippen LogP contribution in [-0.2, 0) is 4.74 Å². The standard InChI is InChI=1S/C19H20ClN5O/c20-16-4-1-5-17(9-16)25-12-15(11-23-25)18-6-7-21-19(24-18)22-10-14-3-2-8-26-13-14/h1,4-7,9,11-12,14H,2-3,8,10,13H2,(H,21,22,24)/t14-/m0/s1. The van der Waals surface area contributed by atoms with E-state index in [1.165, 1.54) is 6.42 Å². The number of ether oxygens (including phenoxy) is 1. The van der Waals surface area contributed by atoms with E-state index in [4.69, 9.17) is 16.3 Å². The number of benzene rings is 1. The molecule has 1 N–H and O–H groups in total. The van der Waals surface area contributed by atoms with Crippen molar-refractivity contribution >= 4 is 17.5 Å². The maximum Gasteiger partial charge on any atom is 0.223 e. The molecule has 1 fully saturated rings. The first kappa shape index (κ1) is 17.0. The van der Waals surface area contributed by atoms with Gasteiger partial charge in [0.15, 0.2) is 0 Å². The van der Waals surface area contributed by atoms with Crippen LogP contribution < -0.4 is 5.32 Å². The first-order valence-electron chi connectivity index (χ1n) is 8.73. The van der Waals surface area contributed by atoms with Crippen molar-refractivity contribution in [1.82, 2.24) is 19.7 Å². The molecule has 0 saturated carbocycles. The van der Waals surface area contributed by atoms with Crippen LogP contribution >= 0.6 is 11.6 Å². The van der Waals surface area contributed by atoms with E-state index in [1.807, 2.05) is 36.5 Å². The summed E-state index contributed by atoms with van der Waals surface area (Å²) in [6, 6.07) is 9.46. The van der Waals surface area contributed by atoms with Gasteiger partial charge in [0.25, 0.3) is 0 Å². The van der Waals surface area contributed by atoms with Crippen LogP contribution in [0.25, 0.3) is 16.9 Å². The Bertz CT molecular complexity index is 876. The van der Waals surface area contributed by atoms with Gasteiger partial charge in [-0.2, -0.15) is 5.10 Å². The van der Waals surface area contributed by atoms with Crippen LogP contribution in [0.5, 0.6) is 0 Å². The molecule has 3 aromatic rings. The number of nitrogens with zero attached hydrogens (tertiary/aromatic N) is 4. The minimum absolute atomic E-state index is 0.515. The summed E-state index contributed by atoms with van der Waals surface area (Å²) < 4.78 is 7.30. The summed E-state index contributed by atoms with van der Waals surface area (Å²) >= 11 is 6.06. The van der Waals surface area contributed by atoms with E-state index < -0.39 is 0 Å². The van der Waals surface area contributed by atoms with Crippen molar-refractivity contribution in [3.05, 3.63) is 53.9 Å². The maximum absolute atomic E-state index is 6.06. The molecule has 134 valence electrons. The van der Waals surface area contributed by atoms with E-state index in [9.17, 15) is 0 Å². The third-order valence-corrected chi connectivity index (χ3v) is 4.65. The Kier molecular flexibility index (Phi) is 5.13. The summed E-state index contributed by atoms with van der Waals surface area (Å²) in [5.74, 6) is 1.14. The Morgan fingerprint density at radius 2 is 2.27 bits per heavy atom. The van der Waals surface area contributed by atoms with Gasteiger partial charge in [0.2, 0.25) is 5.95 Å². The van der Waals surface area contributed by atoms with Gasteiger partial charge < -0.3 is 10.1 Å². The molecule has 1 saturated heterocycles. The number of halogens is 1. The molecule has 3 heterocycles. The summed E-state index contributed by atoms with van der Waals surface area (Å²) in [4.78, 5) is 8.93. The number of hydrogen-bond acceptors (Lipinski definition) is 5. The van der Waals surface area contributed by atoms with Gasteiger partial charge in [-0.3, -0.25) is 0 Å². The lowest BCUT2D eigenvalue weighted by Gasteiger charge is -2.22. The van der Waals surface area contributed by atoms with Crippen molar-refractivity contribution in [3.63, 3.8) is 0 Å². The minimum atomic E-state index is 0.515. The smallest absolute Gasteiger partial charge is 0.223 e. The fourth-order valence-corrected chi connectivity index (χ4v) is 3.21. The lowest BCUT2D eigenvalue weighted by molar-refractivity contribution is 0.0594. The van der Waals surface area contributed by atoms with Gasteiger partial charge in [-0.25, -0.2) is 14.6 Å². The van der Waals surface area contributed by atoms with E-state index in [-0.39, 0.29) is 0 Å². The van der Waals surface area contributed by atoms with Crippen LogP contribution in [-0.4, -0.2) is 39.5 Å². The minimum Gasteiger partial charge on any atom is -0.381 e. The van der Waals surface area contributed by atoms with Crippen molar-refractivity contribution in [2.45, 2.75) is 12.8 Å². The molecule has 1 aromatic carbocycles. The van der Waals surface area contributed by atoms with E-state index in [1.54, 1.807) is 17.1 Å². The van der Waals surface area contributed by atoms with Gasteiger partial charge in [0.05, 0.1) is 24.2 Å². The third-order valence-electron chi connectivity index (χ3n) is 4.41. The fraction of sp³-hybridized carbons (Fsp3) is 0.316. The van der Waals surface area contributed by atoms with Crippen LogP contribution in [0, 0.1) is 5.92 Å². The number of hydrogen-bond donors (Lipinski definition) is 1. The number of aromatic nitrogens is 4. The van der Waals surface area contributed by atoms with E-state index in [0.717, 1.165) is 43.1 Å². The molecule has 7 heteroatoms. The zero-order valence-corrected chi connectivity index (χ0v) is 15.1. The van der Waals surface area contributed by atoms with Crippen molar-refractivity contribution in [2.75, 3.05) is 25.1 Å². The Hall–Kier alpha value is -2.44. The largest absolute Gasteiger partial charge is 0.381 e. The topological polar surface area (TPSA) is 64.9 Å². The predicted molar refractivity (Wildman–Crippen MR) is 102 cm³/mol. The van der Waals surface area contributed by atoms with Gasteiger partial charge in [-0.05, 0) is 43.0 Å². The summed E-state index contributed by atoms with van der Waals surface area (Å²) in [5, 5.41) is 8.42. The van der Waals surface area contributed by atoms with E-state index in [0.29, 0.717) is 16.9 Å². The average Bonchev–Trinajstić information content (AvgIpc) is 3.18. The quantitative estimate of drug-likeness (QED) is 0.740. The van der Waals surface area contributed by atoms with Crippen LogP contribution in [0.1, 0.15) is 12.8 Å². The van der Waals surface area contributed by atoms with Crippen molar-refractivity contribution in [2.24, 2.45) is 5.92 Å². The normalized spacial score (nSPS) is 17.2. The maximum atomic E-state index is 6.06. The van der Waals surface area contributed by atoms with Gasteiger partial charge in [0, 0.05) is 36.1 Å². The molecule has 4 rings (SSSR count). The van der Waals surface area contributed by atoms with Crippen molar-refractivity contribution in [3.8, 4) is 16.9 Å². The molecule has 2 aromatic heterocycles. The molecule has 26 heavy (non-hydrogen) atoms. The monoisotopic (exact) mass is 369 g/mol.